The minimum absolute atomic E-state index is 0.275. The van der Waals surface area contributed by atoms with Crippen molar-refractivity contribution in [1.29, 1.82) is 0 Å². The van der Waals surface area contributed by atoms with Crippen LogP contribution >= 0.6 is 0 Å². The van der Waals surface area contributed by atoms with Crippen LogP contribution in [0.1, 0.15) is 30.5 Å². The smallest absolute Gasteiger partial charge is 0.133 e. The lowest BCUT2D eigenvalue weighted by molar-refractivity contribution is 0.474. The summed E-state index contributed by atoms with van der Waals surface area (Å²) in [7, 11) is 1.93. The molecule has 0 bridgehead atoms. The molecule has 1 heterocycles. The third-order valence-electron chi connectivity index (χ3n) is 3.31. The van der Waals surface area contributed by atoms with Gasteiger partial charge in [0.15, 0.2) is 0 Å². The number of hydrogen-bond acceptors (Lipinski definition) is 4. The Labute approximate surface area is 139 Å². The van der Waals surface area contributed by atoms with Gasteiger partial charge in [-0.2, -0.15) is 0 Å². The second kappa shape index (κ2) is 9.64. The van der Waals surface area contributed by atoms with Crippen molar-refractivity contribution in [1.82, 2.24) is 10.3 Å². The van der Waals surface area contributed by atoms with E-state index in [0.717, 1.165) is 34.6 Å². The summed E-state index contributed by atoms with van der Waals surface area (Å²) >= 11 is 0. The number of allylic oxidation sites excluding steroid dienone is 1. The first-order valence-corrected chi connectivity index (χ1v) is 7.77. The van der Waals surface area contributed by atoms with Gasteiger partial charge < -0.3 is 15.7 Å². The van der Waals surface area contributed by atoms with Crippen molar-refractivity contribution >= 4 is 11.4 Å². The van der Waals surface area contributed by atoms with Crippen LogP contribution in [-0.2, 0) is 6.54 Å². The lowest BCUT2D eigenvalue weighted by atomic mass is 10.0. The Hall–Kier alpha value is -2.33. The fraction of sp³-hybridized carbons (Fsp3) is 0.316. The molecule has 3 N–H and O–H groups in total. The van der Waals surface area contributed by atoms with Crippen LogP contribution in [0.4, 0.5) is 5.82 Å². The summed E-state index contributed by atoms with van der Waals surface area (Å²) in [4.78, 5) is 4.36. The first-order valence-electron chi connectivity index (χ1n) is 7.77. The molecule has 1 aromatic heterocycles. The van der Waals surface area contributed by atoms with E-state index < -0.39 is 0 Å². The maximum absolute atomic E-state index is 9.44. The van der Waals surface area contributed by atoms with Gasteiger partial charge in [0.2, 0.25) is 0 Å². The van der Waals surface area contributed by atoms with Gasteiger partial charge in [-0.1, -0.05) is 25.6 Å². The van der Waals surface area contributed by atoms with Gasteiger partial charge in [0, 0.05) is 18.3 Å². The monoisotopic (exact) mass is 313 g/mol. The third-order valence-corrected chi connectivity index (χ3v) is 3.31. The Bertz CT molecular complexity index is 636. The van der Waals surface area contributed by atoms with Gasteiger partial charge in [-0.05, 0) is 62.3 Å². The van der Waals surface area contributed by atoms with E-state index in [-0.39, 0.29) is 5.75 Å². The van der Waals surface area contributed by atoms with Crippen LogP contribution in [0.2, 0.25) is 0 Å². The van der Waals surface area contributed by atoms with Gasteiger partial charge in [-0.25, -0.2) is 4.98 Å². The molecule has 0 unspecified atom stereocenters. The molecule has 4 nitrogen and oxygen atoms in total. The van der Waals surface area contributed by atoms with Crippen molar-refractivity contribution in [2.24, 2.45) is 0 Å². The van der Waals surface area contributed by atoms with E-state index in [1.807, 2.05) is 39.1 Å². The highest BCUT2D eigenvalue weighted by Crippen LogP contribution is 2.24. The van der Waals surface area contributed by atoms with Gasteiger partial charge in [-0.15, -0.1) is 0 Å². The van der Waals surface area contributed by atoms with E-state index in [1.165, 1.54) is 0 Å². The number of phenols is 1. The molecule has 0 fully saturated rings. The van der Waals surface area contributed by atoms with Gasteiger partial charge in [-0.3, -0.25) is 0 Å². The summed E-state index contributed by atoms with van der Waals surface area (Å²) in [5, 5.41) is 15.7. The average Bonchev–Trinajstić information content (AvgIpc) is 2.53. The van der Waals surface area contributed by atoms with Crippen LogP contribution < -0.4 is 10.6 Å². The maximum atomic E-state index is 9.44. The standard InChI is InChI=1S/C16H18N2O.C3H9N/c1-11(2)15-12(3)7-8-17-16(15)18-10-13-5-4-6-14(19)9-13;1-3-4-2/h4-9,19H,1,10H2,2-3H3,(H,17,18);4H,3H2,1-2H3. The quantitative estimate of drug-likeness (QED) is 0.782. The third kappa shape index (κ3) is 6.12. The molecule has 0 atom stereocenters. The molecule has 0 spiro atoms. The number of nitrogens with one attached hydrogen (secondary N) is 2. The second-order valence-electron chi connectivity index (χ2n) is 5.36. The molecule has 0 amide bonds. The van der Waals surface area contributed by atoms with Crippen LogP contribution in [0.5, 0.6) is 5.75 Å². The predicted octanol–water partition coefficient (Wildman–Crippen LogP) is 3.97. The lowest BCUT2D eigenvalue weighted by Crippen LogP contribution is -2.05. The largest absolute Gasteiger partial charge is 0.508 e. The summed E-state index contributed by atoms with van der Waals surface area (Å²) < 4.78 is 0. The zero-order chi connectivity index (χ0) is 17.2. The van der Waals surface area contributed by atoms with Gasteiger partial charge in [0.25, 0.3) is 0 Å². The minimum atomic E-state index is 0.275. The predicted molar refractivity (Wildman–Crippen MR) is 98.7 cm³/mol. The zero-order valence-electron chi connectivity index (χ0n) is 14.5. The van der Waals surface area contributed by atoms with E-state index in [2.05, 4.69) is 29.1 Å². The van der Waals surface area contributed by atoms with Crippen LogP contribution in [-0.4, -0.2) is 23.7 Å². The Kier molecular flexibility index (Phi) is 7.84. The summed E-state index contributed by atoms with van der Waals surface area (Å²) in [6.45, 7) is 11.8. The molecule has 23 heavy (non-hydrogen) atoms. The van der Waals surface area contributed by atoms with E-state index in [1.54, 1.807) is 18.3 Å². The highest BCUT2D eigenvalue weighted by atomic mass is 16.3. The summed E-state index contributed by atoms with van der Waals surface area (Å²) in [5.74, 6) is 1.10. The highest BCUT2D eigenvalue weighted by Gasteiger charge is 2.07. The van der Waals surface area contributed by atoms with Crippen molar-refractivity contribution in [3.63, 3.8) is 0 Å². The van der Waals surface area contributed by atoms with E-state index in [9.17, 15) is 5.11 Å². The number of pyridine rings is 1. The molecule has 0 aliphatic heterocycles. The van der Waals surface area contributed by atoms with E-state index >= 15 is 0 Å². The minimum Gasteiger partial charge on any atom is -0.508 e. The lowest BCUT2D eigenvalue weighted by Gasteiger charge is -2.13. The Morgan fingerprint density at radius 3 is 2.57 bits per heavy atom. The van der Waals surface area contributed by atoms with Crippen molar-refractivity contribution in [2.75, 3.05) is 18.9 Å². The second-order valence-corrected chi connectivity index (χ2v) is 5.36. The van der Waals surface area contributed by atoms with E-state index in [4.69, 9.17) is 0 Å². The maximum Gasteiger partial charge on any atom is 0.133 e. The number of aromatic nitrogens is 1. The average molecular weight is 313 g/mol. The number of benzene rings is 1. The topological polar surface area (TPSA) is 57.2 Å². The SMILES string of the molecule is C=C(C)c1c(C)ccnc1NCc1cccc(O)c1.CCNC. The molecule has 1 aromatic carbocycles. The van der Waals surface area contributed by atoms with Gasteiger partial charge in [0.05, 0.1) is 0 Å². The molecular weight excluding hydrogens is 286 g/mol. The molecule has 0 radical (unpaired) electrons. The number of phenolic OH excluding ortho intramolecular Hbond substituents is 1. The fourth-order valence-electron chi connectivity index (χ4n) is 2.08. The molecule has 0 saturated heterocycles. The van der Waals surface area contributed by atoms with Crippen LogP contribution in [0, 0.1) is 6.92 Å². The number of aryl methyl sites for hydroxylation is 1. The highest BCUT2D eigenvalue weighted by molar-refractivity contribution is 5.73. The molecule has 0 saturated carbocycles. The number of anilines is 1. The van der Waals surface area contributed by atoms with Crippen molar-refractivity contribution in [2.45, 2.75) is 27.3 Å². The Morgan fingerprint density at radius 1 is 1.30 bits per heavy atom. The Balaban J connectivity index is 0.000000593. The van der Waals surface area contributed by atoms with Crippen molar-refractivity contribution in [3.8, 4) is 5.75 Å². The van der Waals surface area contributed by atoms with Crippen molar-refractivity contribution in [3.05, 3.63) is 59.8 Å². The van der Waals surface area contributed by atoms with E-state index in [0.29, 0.717) is 6.54 Å². The van der Waals surface area contributed by atoms with Crippen molar-refractivity contribution < 1.29 is 5.11 Å². The molecule has 0 aliphatic carbocycles. The van der Waals surface area contributed by atoms with Crippen LogP contribution in [0.25, 0.3) is 5.57 Å². The van der Waals surface area contributed by atoms with Gasteiger partial charge >= 0.3 is 0 Å². The summed E-state index contributed by atoms with van der Waals surface area (Å²) in [6.07, 6.45) is 1.78. The number of rotatable bonds is 5. The molecule has 2 rings (SSSR count). The first-order chi connectivity index (χ1) is 11.0. The fourth-order valence-corrected chi connectivity index (χ4v) is 2.08. The molecule has 2 aromatic rings. The molecule has 0 aliphatic rings. The van der Waals surface area contributed by atoms with Crippen LogP contribution in [0.15, 0.2) is 43.1 Å². The van der Waals surface area contributed by atoms with Gasteiger partial charge in [0.1, 0.15) is 11.6 Å². The molecular formula is C19H27N3O. The molecule has 124 valence electrons. The number of hydrogen-bond donors (Lipinski definition) is 3. The normalized spacial score (nSPS) is 9.74. The number of aromatic hydroxyl groups is 1. The zero-order valence-corrected chi connectivity index (χ0v) is 14.5. The first kappa shape index (κ1) is 18.7. The van der Waals surface area contributed by atoms with Crippen LogP contribution in [0.3, 0.4) is 0 Å². The number of nitrogens with zero attached hydrogens (tertiary/aromatic N) is 1. The summed E-state index contributed by atoms with van der Waals surface area (Å²) in [6, 6.07) is 9.17. The Morgan fingerprint density at radius 2 is 2.00 bits per heavy atom. The summed E-state index contributed by atoms with van der Waals surface area (Å²) in [5.41, 5.74) is 4.21. The molecule has 4 heteroatoms.